The number of rotatable bonds is 6. The van der Waals surface area contributed by atoms with E-state index in [1.54, 1.807) is 11.3 Å². The largest absolute Gasteiger partial charge is 0.465 e. The van der Waals surface area contributed by atoms with Gasteiger partial charge in [-0.2, -0.15) is 0 Å². The van der Waals surface area contributed by atoms with Gasteiger partial charge >= 0.3 is 5.97 Å². The average molecular weight is 403 g/mol. The van der Waals surface area contributed by atoms with E-state index < -0.39 is 0 Å². The maximum atomic E-state index is 12.6. The third-order valence-electron chi connectivity index (χ3n) is 5.05. The molecule has 0 amide bonds. The van der Waals surface area contributed by atoms with E-state index >= 15 is 0 Å². The van der Waals surface area contributed by atoms with Gasteiger partial charge in [-0.3, -0.25) is 10.3 Å². The van der Waals surface area contributed by atoms with Crippen LogP contribution < -0.4 is 5.32 Å². The molecule has 1 N–H and O–H groups in total. The van der Waals surface area contributed by atoms with Crippen molar-refractivity contribution < 1.29 is 9.53 Å². The molecule has 4 aromatic rings. The van der Waals surface area contributed by atoms with Gasteiger partial charge in [0.25, 0.3) is 0 Å². The van der Waals surface area contributed by atoms with E-state index in [9.17, 15) is 4.79 Å². The fourth-order valence-electron chi connectivity index (χ4n) is 3.62. The molecule has 5 heteroatoms. The SMILES string of the molecule is COC(=O)c1c(CN[C@H](c2ccccc2)c2cccs2)nc2ccccc2c1C. The van der Waals surface area contributed by atoms with Crippen molar-refractivity contribution in [2.75, 3.05) is 7.11 Å². The third kappa shape index (κ3) is 3.92. The van der Waals surface area contributed by atoms with Crippen LogP contribution in [0.1, 0.15) is 38.1 Å². The summed E-state index contributed by atoms with van der Waals surface area (Å²) in [6, 6.07) is 22.4. The average Bonchev–Trinajstić information content (AvgIpc) is 3.29. The first kappa shape index (κ1) is 19.3. The lowest BCUT2D eigenvalue weighted by molar-refractivity contribution is 0.0598. The molecule has 2 aromatic carbocycles. The van der Waals surface area contributed by atoms with Crippen LogP contribution in [-0.2, 0) is 11.3 Å². The number of ether oxygens (including phenoxy) is 1. The first-order valence-electron chi connectivity index (χ1n) is 9.47. The molecule has 2 aromatic heterocycles. The van der Waals surface area contributed by atoms with Crippen LogP contribution in [0.5, 0.6) is 0 Å². The van der Waals surface area contributed by atoms with Crippen LogP contribution in [0.4, 0.5) is 0 Å². The molecule has 0 saturated carbocycles. The summed E-state index contributed by atoms with van der Waals surface area (Å²) in [5, 5.41) is 6.65. The zero-order chi connectivity index (χ0) is 20.2. The van der Waals surface area contributed by atoms with Crippen molar-refractivity contribution in [3.05, 3.63) is 99.4 Å². The van der Waals surface area contributed by atoms with E-state index in [0.717, 1.165) is 16.5 Å². The summed E-state index contributed by atoms with van der Waals surface area (Å²) in [4.78, 5) is 18.6. The lowest BCUT2D eigenvalue weighted by Gasteiger charge is -2.20. The Labute approximate surface area is 174 Å². The molecule has 4 nitrogen and oxygen atoms in total. The van der Waals surface area contributed by atoms with Gasteiger partial charge in [0, 0.05) is 16.8 Å². The molecule has 146 valence electrons. The molecule has 2 heterocycles. The number of esters is 1. The van der Waals surface area contributed by atoms with E-state index in [1.165, 1.54) is 17.6 Å². The molecule has 0 spiro atoms. The van der Waals surface area contributed by atoms with Crippen molar-refractivity contribution in [1.82, 2.24) is 10.3 Å². The van der Waals surface area contributed by atoms with Gasteiger partial charge in [-0.15, -0.1) is 11.3 Å². The van der Waals surface area contributed by atoms with Crippen molar-refractivity contribution in [1.29, 1.82) is 0 Å². The van der Waals surface area contributed by atoms with Crippen LogP contribution in [0.2, 0.25) is 0 Å². The Bertz CT molecular complexity index is 1120. The van der Waals surface area contributed by atoms with Crippen molar-refractivity contribution in [2.45, 2.75) is 19.5 Å². The number of para-hydroxylation sites is 1. The number of nitrogens with one attached hydrogen (secondary N) is 1. The second-order valence-electron chi connectivity index (χ2n) is 6.81. The van der Waals surface area contributed by atoms with Gasteiger partial charge in [0.05, 0.1) is 29.9 Å². The van der Waals surface area contributed by atoms with Crippen LogP contribution in [0.25, 0.3) is 10.9 Å². The summed E-state index contributed by atoms with van der Waals surface area (Å²) >= 11 is 1.71. The van der Waals surface area contributed by atoms with Gasteiger partial charge in [-0.1, -0.05) is 54.6 Å². The number of aromatic nitrogens is 1. The molecule has 0 bridgehead atoms. The minimum Gasteiger partial charge on any atom is -0.465 e. The number of thiophene rings is 1. The van der Waals surface area contributed by atoms with Crippen LogP contribution in [0.3, 0.4) is 0 Å². The Morgan fingerprint density at radius 2 is 1.83 bits per heavy atom. The van der Waals surface area contributed by atoms with Crippen molar-refractivity contribution in [2.24, 2.45) is 0 Å². The summed E-state index contributed by atoms with van der Waals surface area (Å²) in [7, 11) is 1.41. The normalized spacial score (nSPS) is 12.1. The number of methoxy groups -OCH3 is 1. The molecule has 0 unspecified atom stereocenters. The van der Waals surface area contributed by atoms with E-state index in [-0.39, 0.29) is 12.0 Å². The van der Waals surface area contributed by atoms with Crippen molar-refractivity contribution >= 4 is 28.2 Å². The summed E-state index contributed by atoms with van der Waals surface area (Å²) < 4.78 is 5.07. The second-order valence-corrected chi connectivity index (χ2v) is 7.79. The predicted octanol–water partition coefficient (Wildman–Crippen LogP) is 5.27. The highest BCUT2D eigenvalue weighted by Gasteiger charge is 2.21. The fourth-order valence-corrected chi connectivity index (χ4v) is 4.45. The number of hydrogen-bond donors (Lipinski definition) is 1. The zero-order valence-electron chi connectivity index (χ0n) is 16.4. The van der Waals surface area contributed by atoms with Gasteiger partial charge < -0.3 is 4.74 Å². The van der Waals surface area contributed by atoms with Crippen LogP contribution in [0.15, 0.2) is 72.1 Å². The van der Waals surface area contributed by atoms with Gasteiger partial charge in [-0.25, -0.2) is 4.79 Å². The molecule has 1 atom stereocenters. The molecule has 0 fully saturated rings. The number of pyridine rings is 1. The Balaban J connectivity index is 1.73. The number of nitrogens with zero attached hydrogens (tertiary/aromatic N) is 1. The summed E-state index contributed by atoms with van der Waals surface area (Å²) in [5.41, 5.74) is 4.18. The highest BCUT2D eigenvalue weighted by Crippen LogP contribution is 2.28. The third-order valence-corrected chi connectivity index (χ3v) is 5.99. The number of benzene rings is 2. The van der Waals surface area contributed by atoms with E-state index in [2.05, 4.69) is 35.0 Å². The Morgan fingerprint density at radius 1 is 1.07 bits per heavy atom. The van der Waals surface area contributed by atoms with Crippen molar-refractivity contribution in [3.8, 4) is 0 Å². The number of carbonyl (C=O) groups excluding carboxylic acids is 1. The minimum atomic E-state index is -0.357. The summed E-state index contributed by atoms with van der Waals surface area (Å²) in [5.74, 6) is -0.357. The topological polar surface area (TPSA) is 51.2 Å². The highest BCUT2D eigenvalue weighted by atomic mass is 32.1. The standard InChI is InChI=1S/C24H22N2O2S/c1-16-18-11-6-7-12-19(18)26-20(22(16)24(27)28-2)15-25-23(21-13-8-14-29-21)17-9-4-3-5-10-17/h3-14,23,25H,15H2,1-2H3/t23-/m1/s1. The van der Waals surface area contributed by atoms with Crippen molar-refractivity contribution in [3.63, 3.8) is 0 Å². The molecule has 0 aliphatic rings. The van der Waals surface area contributed by atoms with Crippen LogP contribution >= 0.6 is 11.3 Å². The van der Waals surface area contributed by atoms with Crippen LogP contribution in [-0.4, -0.2) is 18.1 Å². The van der Waals surface area contributed by atoms with Gasteiger partial charge in [0.15, 0.2) is 0 Å². The van der Waals surface area contributed by atoms with Crippen LogP contribution in [0, 0.1) is 6.92 Å². The van der Waals surface area contributed by atoms with E-state index in [4.69, 9.17) is 9.72 Å². The summed E-state index contributed by atoms with van der Waals surface area (Å²) in [6.07, 6.45) is 0. The highest BCUT2D eigenvalue weighted by molar-refractivity contribution is 7.10. The fraction of sp³-hybridized carbons (Fsp3) is 0.167. The second kappa shape index (κ2) is 8.55. The lowest BCUT2D eigenvalue weighted by atomic mass is 10.0. The molecular weight excluding hydrogens is 380 g/mol. The first-order chi connectivity index (χ1) is 14.2. The monoisotopic (exact) mass is 402 g/mol. The predicted molar refractivity (Wildman–Crippen MR) is 117 cm³/mol. The molecule has 0 aliphatic carbocycles. The first-order valence-corrected chi connectivity index (χ1v) is 10.3. The molecule has 0 radical (unpaired) electrons. The maximum Gasteiger partial charge on any atom is 0.340 e. The quantitative estimate of drug-likeness (QED) is 0.446. The molecule has 29 heavy (non-hydrogen) atoms. The zero-order valence-corrected chi connectivity index (χ0v) is 17.2. The number of fused-ring (bicyclic) bond motifs is 1. The minimum absolute atomic E-state index is 0.0234. The van der Waals surface area contributed by atoms with Gasteiger partial charge in [-0.05, 0) is 35.6 Å². The number of hydrogen-bond acceptors (Lipinski definition) is 5. The number of carbonyl (C=O) groups is 1. The van der Waals surface area contributed by atoms with E-state index in [1.807, 2.05) is 49.4 Å². The Morgan fingerprint density at radius 3 is 2.55 bits per heavy atom. The van der Waals surface area contributed by atoms with E-state index in [0.29, 0.717) is 17.8 Å². The Kier molecular flexibility index (Phi) is 5.69. The molecular formula is C24H22N2O2S. The summed E-state index contributed by atoms with van der Waals surface area (Å²) in [6.45, 7) is 2.40. The number of aryl methyl sites for hydroxylation is 1. The molecule has 0 aliphatic heterocycles. The molecule has 4 rings (SSSR count). The smallest absolute Gasteiger partial charge is 0.340 e. The molecule has 0 saturated heterocycles. The Hall–Kier alpha value is -3.02. The van der Waals surface area contributed by atoms with Gasteiger partial charge in [0.2, 0.25) is 0 Å². The maximum absolute atomic E-state index is 12.6. The van der Waals surface area contributed by atoms with Gasteiger partial charge in [0.1, 0.15) is 0 Å². The lowest BCUT2D eigenvalue weighted by Crippen LogP contribution is -2.24.